The highest BCUT2D eigenvalue weighted by atomic mass is 19.4. The first-order chi connectivity index (χ1) is 4.76. The Morgan fingerprint density at radius 1 is 1.55 bits per heavy atom. The SMILES string of the molecule is C=C(C(=O)[O-])C(C)C(F)(F)F. The number of hydrogen-bond donors (Lipinski definition) is 0. The predicted molar refractivity (Wildman–Crippen MR) is 29.4 cm³/mol. The van der Waals surface area contributed by atoms with Crippen LogP contribution in [0.15, 0.2) is 12.2 Å². The minimum atomic E-state index is -4.56. The Labute approximate surface area is 61.3 Å². The van der Waals surface area contributed by atoms with E-state index in [1.165, 1.54) is 0 Å². The predicted octanol–water partition coefficient (Wildman–Crippen LogP) is 0.491. The van der Waals surface area contributed by atoms with Gasteiger partial charge in [0.15, 0.2) is 0 Å². The average Bonchev–Trinajstić information content (AvgIpc) is 1.82. The van der Waals surface area contributed by atoms with Crippen molar-refractivity contribution in [2.45, 2.75) is 13.1 Å². The second-order valence-corrected chi connectivity index (χ2v) is 2.08. The van der Waals surface area contributed by atoms with E-state index in [0.717, 1.165) is 6.92 Å². The summed E-state index contributed by atoms with van der Waals surface area (Å²) in [6, 6.07) is 0. The van der Waals surface area contributed by atoms with Gasteiger partial charge in [-0.25, -0.2) is 0 Å². The quantitative estimate of drug-likeness (QED) is 0.561. The molecule has 0 spiro atoms. The molecular formula is C6H6F3O2-. The van der Waals surface area contributed by atoms with Crippen LogP contribution in [0, 0.1) is 5.92 Å². The Morgan fingerprint density at radius 2 is 1.91 bits per heavy atom. The van der Waals surface area contributed by atoms with E-state index in [0.29, 0.717) is 0 Å². The van der Waals surface area contributed by atoms with E-state index in [9.17, 15) is 23.1 Å². The van der Waals surface area contributed by atoms with Gasteiger partial charge in [0.25, 0.3) is 0 Å². The summed E-state index contributed by atoms with van der Waals surface area (Å²) < 4.78 is 35.1. The van der Waals surface area contributed by atoms with Gasteiger partial charge in [-0.2, -0.15) is 13.2 Å². The fourth-order valence-corrected chi connectivity index (χ4v) is 0.374. The summed E-state index contributed by atoms with van der Waals surface area (Å²) in [5.41, 5.74) is -0.947. The first-order valence-electron chi connectivity index (χ1n) is 2.73. The molecule has 0 aliphatic rings. The van der Waals surface area contributed by atoms with Crippen LogP contribution in [-0.2, 0) is 4.79 Å². The zero-order valence-electron chi connectivity index (χ0n) is 5.73. The molecule has 0 amide bonds. The molecule has 0 aromatic carbocycles. The summed E-state index contributed by atoms with van der Waals surface area (Å²) in [5.74, 6) is -3.91. The monoisotopic (exact) mass is 167 g/mol. The third kappa shape index (κ3) is 2.61. The van der Waals surface area contributed by atoms with Gasteiger partial charge in [0.1, 0.15) is 0 Å². The van der Waals surface area contributed by atoms with E-state index in [2.05, 4.69) is 6.58 Å². The van der Waals surface area contributed by atoms with Gasteiger partial charge >= 0.3 is 6.18 Å². The molecule has 0 bridgehead atoms. The second kappa shape index (κ2) is 2.94. The van der Waals surface area contributed by atoms with Crippen LogP contribution < -0.4 is 5.11 Å². The maximum atomic E-state index is 11.7. The minimum Gasteiger partial charge on any atom is -0.545 e. The van der Waals surface area contributed by atoms with Gasteiger partial charge in [0, 0.05) is 0 Å². The van der Waals surface area contributed by atoms with Crippen molar-refractivity contribution < 1.29 is 23.1 Å². The number of rotatable bonds is 2. The van der Waals surface area contributed by atoms with Gasteiger partial charge in [0.05, 0.1) is 11.9 Å². The van der Waals surface area contributed by atoms with E-state index in [1.807, 2.05) is 0 Å². The summed E-state index contributed by atoms with van der Waals surface area (Å²) >= 11 is 0. The summed E-state index contributed by atoms with van der Waals surface area (Å²) in [6.45, 7) is 3.46. The molecule has 5 heteroatoms. The number of halogens is 3. The lowest BCUT2D eigenvalue weighted by Gasteiger charge is -2.18. The smallest absolute Gasteiger partial charge is 0.395 e. The number of alkyl halides is 3. The number of carbonyl (C=O) groups is 1. The Bertz CT molecular complexity index is 183. The fraction of sp³-hybridized carbons (Fsp3) is 0.500. The highest BCUT2D eigenvalue weighted by Gasteiger charge is 2.37. The largest absolute Gasteiger partial charge is 0.545 e. The van der Waals surface area contributed by atoms with Crippen LogP contribution in [0.2, 0.25) is 0 Å². The molecule has 0 aliphatic heterocycles. The first-order valence-corrected chi connectivity index (χ1v) is 2.73. The number of carboxylic acid groups (broad SMARTS) is 1. The van der Waals surface area contributed by atoms with Gasteiger partial charge in [-0.1, -0.05) is 6.58 Å². The van der Waals surface area contributed by atoms with Crippen molar-refractivity contribution >= 4 is 5.97 Å². The van der Waals surface area contributed by atoms with Gasteiger partial charge in [0.2, 0.25) is 0 Å². The normalized spacial score (nSPS) is 14.2. The molecule has 0 saturated carbocycles. The van der Waals surface area contributed by atoms with Gasteiger partial charge in [-0.3, -0.25) is 0 Å². The summed E-state index contributed by atoms with van der Waals surface area (Å²) in [6.07, 6.45) is -4.56. The van der Waals surface area contributed by atoms with Crippen molar-refractivity contribution in [3.63, 3.8) is 0 Å². The molecule has 1 unspecified atom stereocenters. The first kappa shape index (κ1) is 10.0. The lowest BCUT2D eigenvalue weighted by Crippen LogP contribution is -2.32. The van der Waals surface area contributed by atoms with E-state index in [1.54, 1.807) is 0 Å². The van der Waals surface area contributed by atoms with Crippen LogP contribution in [0.1, 0.15) is 6.92 Å². The molecule has 11 heavy (non-hydrogen) atoms. The maximum absolute atomic E-state index is 11.7. The molecule has 0 aromatic heterocycles. The van der Waals surface area contributed by atoms with Gasteiger partial charge in [-0.05, 0) is 12.5 Å². The molecule has 1 atom stereocenters. The van der Waals surface area contributed by atoms with Crippen LogP contribution in [0.4, 0.5) is 13.2 Å². The lowest BCUT2D eigenvalue weighted by atomic mass is 10.0. The summed E-state index contributed by atoms with van der Waals surface area (Å²) in [5, 5.41) is 9.88. The average molecular weight is 167 g/mol. The molecule has 64 valence electrons. The van der Waals surface area contributed by atoms with Crippen molar-refractivity contribution in [1.82, 2.24) is 0 Å². The van der Waals surface area contributed by atoms with Crippen molar-refractivity contribution in [3.8, 4) is 0 Å². The van der Waals surface area contributed by atoms with E-state index in [-0.39, 0.29) is 0 Å². The van der Waals surface area contributed by atoms with E-state index in [4.69, 9.17) is 0 Å². The van der Waals surface area contributed by atoms with Crippen LogP contribution in [0.3, 0.4) is 0 Å². The molecule has 0 heterocycles. The topological polar surface area (TPSA) is 40.1 Å². The number of carbonyl (C=O) groups excluding carboxylic acids is 1. The third-order valence-electron chi connectivity index (χ3n) is 1.28. The molecule has 0 aromatic rings. The Balaban J connectivity index is 4.38. The van der Waals surface area contributed by atoms with Crippen LogP contribution >= 0.6 is 0 Å². The van der Waals surface area contributed by atoms with Crippen molar-refractivity contribution in [2.24, 2.45) is 5.92 Å². The summed E-state index contributed by atoms with van der Waals surface area (Å²) in [4.78, 5) is 9.88. The molecule has 2 nitrogen and oxygen atoms in total. The maximum Gasteiger partial charge on any atom is 0.395 e. The Kier molecular flexibility index (Phi) is 2.67. The highest BCUT2D eigenvalue weighted by molar-refractivity contribution is 5.84. The zero-order chi connectivity index (χ0) is 9.23. The molecule has 0 N–H and O–H groups in total. The van der Waals surface area contributed by atoms with Crippen LogP contribution in [-0.4, -0.2) is 12.1 Å². The van der Waals surface area contributed by atoms with Gasteiger partial charge in [-0.15, -0.1) is 0 Å². The Hall–Kier alpha value is -1.00. The van der Waals surface area contributed by atoms with Crippen LogP contribution in [0.25, 0.3) is 0 Å². The molecular weight excluding hydrogens is 161 g/mol. The number of hydrogen-bond acceptors (Lipinski definition) is 2. The summed E-state index contributed by atoms with van der Waals surface area (Å²) in [7, 11) is 0. The van der Waals surface area contributed by atoms with Crippen LogP contribution in [0.5, 0.6) is 0 Å². The second-order valence-electron chi connectivity index (χ2n) is 2.08. The number of aliphatic carboxylic acids is 1. The van der Waals surface area contributed by atoms with Crippen molar-refractivity contribution in [1.29, 1.82) is 0 Å². The molecule has 0 rings (SSSR count). The Morgan fingerprint density at radius 3 is 2.00 bits per heavy atom. The molecule has 0 radical (unpaired) electrons. The van der Waals surface area contributed by atoms with E-state index < -0.39 is 23.6 Å². The standard InChI is InChI=1S/C6H7F3O2/c1-3(5(10)11)4(2)6(7,8)9/h4H,1H2,2H3,(H,10,11)/p-1. The lowest BCUT2D eigenvalue weighted by molar-refractivity contribution is -0.301. The van der Waals surface area contributed by atoms with Gasteiger partial charge < -0.3 is 9.90 Å². The highest BCUT2D eigenvalue weighted by Crippen LogP contribution is 2.30. The number of carboxylic acids is 1. The van der Waals surface area contributed by atoms with E-state index >= 15 is 0 Å². The molecule has 0 saturated heterocycles. The molecule has 0 fully saturated rings. The van der Waals surface area contributed by atoms with Crippen molar-refractivity contribution in [3.05, 3.63) is 12.2 Å². The third-order valence-corrected chi connectivity index (χ3v) is 1.28. The minimum absolute atomic E-state index is 0.720. The molecule has 0 aliphatic carbocycles. The van der Waals surface area contributed by atoms with Crippen molar-refractivity contribution in [2.75, 3.05) is 0 Å². The zero-order valence-corrected chi connectivity index (χ0v) is 5.73. The fourth-order valence-electron chi connectivity index (χ4n) is 0.374.